The van der Waals surface area contributed by atoms with Crippen molar-refractivity contribution < 1.29 is 13.2 Å². The van der Waals surface area contributed by atoms with Crippen molar-refractivity contribution in [3.05, 3.63) is 54.1 Å². The summed E-state index contributed by atoms with van der Waals surface area (Å²) in [5, 5.41) is 16.8. The lowest BCUT2D eigenvalue weighted by molar-refractivity contribution is -0.116. The van der Waals surface area contributed by atoms with Gasteiger partial charge in [-0.3, -0.25) is 4.79 Å². The second kappa shape index (κ2) is 9.71. The Morgan fingerprint density at radius 3 is 2.37 bits per heavy atom. The van der Waals surface area contributed by atoms with Gasteiger partial charge in [-0.2, -0.15) is 5.26 Å². The molecule has 0 unspecified atom stereocenters. The van der Waals surface area contributed by atoms with E-state index in [2.05, 4.69) is 21.2 Å². The van der Waals surface area contributed by atoms with Crippen molar-refractivity contribution >= 4 is 27.3 Å². The van der Waals surface area contributed by atoms with E-state index in [9.17, 15) is 13.2 Å². The maximum atomic E-state index is 12.3. The minimum absolute atomic E-state index is 0.0110. The predicted octanol–water partition coefficient (Wildman–Crippen LogP) is 1.75. The van der Waals surface area contributed by atoms with Gasteiger partial charge in [0.05, 0.1) is 16.5 Å². The van der Waals surface area contributed by atoms with Crippen LogP contribution in [0.1, 0.15) is 18.4 Å². The van der Waals surface area contributed by atoms with Crippen LogP contribution in [0, 0.1) is 11.3 Å². The van der Waals surface area contributed by atoms with E-state index >= 15 is 0 Å². The van der Waals surface area contributed by atoms with Crippen molar-refractivity contribution in [1.82, 2.24) is 4.90 Å². The fraction of sp³-hybridized carbons (Fsp3) is 0.333. The molecule has 0 atom stereocenters. The minimum Gasteiger partial charge on any atom is -0.370 e. The lowest BCUT2D eigenvalue weighted by Crippen LogP contribution is -2.32. The molecule has 0 radical (unpaired) electrons. The first-order valence-corrected chi connectivity index (χ1v) is 11.3. The second-order valence-electron chi connectivity index (χ2n) is 7.21. The van der Waals surface area contributed by atoms with Gasteiger partial charge in [-0.05, 0) is 61.5 Å². The van der Waals surface area contributed by atoms with Crippen LogP contribution in [-0.2, 0) is 14.8 Å². The Kier molecular flexibility index (Phi) is 7.05. The molecule has 0 aliphatic carbocycles. The van der Waals surface area contributed by atoms with Crippen molar-refractivity contribution in [2.75, 3.05) is 42.9 Å². The van der Waals surface area contributed by atoms with Gasteiger partial charge in [-0.1, -0.05) is 0 Å². The van der Waals surface area contributed by atoms with Crippen molar-refractivity contribution in [3.8, 4) is 6.07 Å². The number of benzene rings is 2. The van der Waals surface area contributed by atoms with Crippen molar-refractivity contribution in [2.24, 2.45) is 5.14 Å². The molecule has 2 aromatic rings. The van der Waals surface area contributed by atoms with Crippen LogP contribution in [0.2, 0.25) is 0 Å². The number of hydrogen-bond donors (Lipinski definition) is 2. The standard InChI is InChI=1S/C21H25N5O3S/c22-16-17-2-6-19(7-3-17)26-12-1-11-25(14-15-26)13-10-21(27)24-18-4-8-20(9-5-18)30(23,28)29/h2-9H,1,10-15H2,(H,24,27)(H2,23,28,29). The highest BCUT2D eigenvalue weighted by Crippen LogP contribution is 2.18. The highest BCUT2D eigenvalue weighted by molar-refractivity contribution is 7.89. The molecule has 9 heteroatoms. The molecular formula is C21H25N5O3S. The molecule has 1 saturated heterocycles. The van der Waals surface area contributed by atoms with Gasteiger partial charge in [0.25, 0.3) is 0 Å². The molecule has 1 heterocycles. The minimum atomic E-state index is -3.74. The van der Waals surface area contributed by atoms with E-state index in [1.807, 2.05) is 24.3 Å². The lowest BCUT2D eigenvalue weighted by Gasteiger charge is -2.23. The highest BCUT2D eigenvalue weighted by atomic mass is 32.2. The number of nitriles is 1. The molecule has 158 valence electrons. The number of nitrogens with two attached hydrogens (primary N) is 1. The van der Waals surface area contributed by atoms with E-state index in [-0.39, 0.29) is 10.8 Å². The molecule has 1 aliphatic heterocycles. The Bertz CT molecular complexity index is 1010. The van der Waals surface area contributed by atoms with Crippen molar-refractivity contribution in [2.45, 2.75) is 17.7 Å². The van der Waals surface area contributed by atoms with E-state index in [0.29, 0.717) is 24.2 Å². The Hall–Kier alpha value is -2.93. The van der Waals surface area contributed by atoms with E-state index in [1.54, 1.807) is 0 Å². The third-order valence-corrected chi connectivity index (χ3v) is 6.00. The van der Waals surface area contributed by atoms with Crippen LogP contribution in [0.5, 0.6) is 0 Å². The first-order valence-electron chi connectivity index (χ1n) is 9.75. The number of amides is 1. The highest BCUT2D eigenvalue weighted by Gasteiger charge is 2.16. The van der Waals surface area contributed by atoms with Gasteiger partial charge in [-0.15, -0.1) is 0 Å². The molecule has 1 amide bonds. The van der Waals surface area contributed by atoms with Gasteiger partial charge in [0.1, 0.15) is 0 Å². The summed E-state index contributed by atoms with van der Waals surface area (Å²) < 4.78 is 22.6. The maximum Gasteiger partial charge on any atom is 0.238 e. The van der Waals surface area contributed by atoms with Crippen LogP contribution in [0.15, 0.2) is 53.4 Å². The van der Waals surface area contributed by atoms with Crippen molar-refractivity contribution in [1.29, 1.82) is 5.26 Å². The lowest BCUT2D eigenvalue weighted by atomic mass is 10.2. The van der Waals surface area contributed by atoms with Gasteiger partial charge >= 0.3 is 0 Å². The summed E-state index contributed by atoms with van der Waals surface area (Å²) in [6, 6.07) is 15.5. The molecule has 0 saturated carbocycles. The molecular weight excluding hydrogens is 402 g/mol. The third kappa shape index (κ3) is 6.03. The van der Waals surface area contributed by atoms with E-state index in [1.165, 1.54) is 24.3 Å². The Morgan fingerprint density at radius 2 is 1.73 bits per heavy atom. The molecule has 0 bridgehead atoms. The molecule has 0 aromatic heterocycles. The topological polar surface area (TPSA) is 120 Å². The van der Waals surface area contributed by atoms with Crippen LogP contribution in [0.4, 0.5) is 11.4 Å². The first-order chi connectivity index (χ1) is 14.3. The SMILES string of the molecule is N#Cc1ccc(N2CCCN(CCC(=O)Nc3ccc(S(N)(=O)=O)cc3)CC2)cc1. The fourth-order valence-corrected chi connectivity index (χ4v) is 3.93. The van der Waals surface area contributed by atoms with Crippen molar-refractivity contribution in [3.63, 3.8) is 0 Å². The second-order valence-corrected chi connectivity index (χ2v) is 8.77. The maximum absolute atomic E-state index is 12.3. The summed E-state index contributed by atoms with van der Waals surface area (Å²) in [7, 11) is -3.74. The number of sulfonamides is 1. The molecule has 2 aromatic carbocycles. The zero-order valence-corrected chi connectivity index (χ0v) is 17.4. The first kappa shape index (κ1) is 21.8. The van der Waals surface area contributed by atoms with Crippen LogP contribution >= 0.6 is 0 Å². The molecule has 30 heavy (non-hydrogen) atoms. The number of carbonyl (C=O) groups excluding carboxylic acids is 1. The average Bonchev–Trinajstić information content (AvgIpc) is 2.98. The largest absolute Gasteiger partial charge is 0.370 e. The summed E-state index contributed by atoms with van der Waals surface area (Å²) in [6.07, 6.45) is 1.35. The number of rotatable bonds is 6. The van der Waals surface area contributed by atoms with Crippen LogP contribution < -0.4 is 15.4 Å². The number of nitrogens with one attached hydrogen (secondary N) is 1. The number of primary sulfonamides is 1. The monoisotopic (exact) mass is 427 g/mol. The average molecular weight is 428 g/mol. The Morgan fingerprint density at radius 1 is 1.03 bits per heavy atom. The van der Waals surface area contributed by atoms with Crippen LogP contribution in [-0.4, -0.2) is 51.9 Å². The van der Waals surface area contributed by atoms with Crippen LogP contribution in [0.3, 0.4) is 0 Å². The zero-order valence-electron chi connectivity index (χ0n) is 16.6. The quantitative estimate of drug-likeness (QED) is 0.725. The molecule has 0 spiro atoms. The molecule has 3 rings (SSSR count). The van der Waals surface area contributed by atoms with E-state index < -0.39 is 10.0 Å². The summed E-state index contributed by atoms with van der Waals surface area (Å²) in [5.41, 5.74) is 2.30. The Labute approximate surface area is 176 Å². The summed E-state index contributed by atoms with van der Waals surface area (Å²) in [4.78, 5) is 16.8. The van der Waals surface area contributed by atoms with Crippen LogP contribution in [0.25, 0.3) is 0 Å². The smallest absolute Gasteiger partial charge is 0.238 e. The molecule has 1 fully saturated rings. The summed E-state index contributed by atoms with van der Waals surface area (Å²) >= 11 is 0. The van der Waals surface area contributed by atoms with E-state index in [0.717, 1.165) is 38.3 Å². The zero-order chi connectivity index (χ0) is 21.6. The number of anilines is 2. The summed E-state index contributed by atoms with van der Waals surface area (Å²) in [5.74, 6) is -0.119. The number of nitrogens with zero attached hydrogens (tertiary/aromatic N) is 3. The molecule has 1 aliphatic rings. The third-order valence-electron chi connectivity index (χ3n) is 5.07. The molecule has 8 nitrogen and oxygen atoms in total. The normalized spacial score (nSPS) is 15.3. The van der Waals surface area contributed by atoms with Gasteiger partial charge in [-0.25, -0.2) is 13.6 Å². The summed E-state index contributed by atoms with van der Waals surface area (Å²) in [6.45, 7) is 4.23. The predicted molar refractivity (Wildman–Crippen MR) is 115 cm³/mol. The number of carbonyl (C=O) groups is 1. The fourth-order valence-electron chi connectivity index (χ4n) is 3.41. The van der Waals surface area contributed by atoms with E-state index in [4.69, 9.17) is 10.4 Å². The van der Waals surface area contributed by atoms with Gasteiger partial charge in [0.15, 0.2) is 0 Å². The van der Waals surface area contributed by atoms with Gasteiger partial charge in [0, 0.05) is 44.0 Å². The Balaban J connectivity index is 1.46. The van der Waals surface area contributed by atoms with Gasteiger partial charge in [0.2, 0.25) is 15.9 Å². The van der Waals surface area contributed by atoms with Gasteiger partial charge < -0.3 is 15.1 Å². The molecule has 3 N–H and O–H groups in total. The number of hydrogen-bond acceptors (Lipinski definition) is 6.